The summed E-state index contributed by atoms with van der Waals surface area (Å²) in [6.07, 6.45) is -1.10. The highest BCUT2D eigenvalue weighted by atomic mass is 127. The summed E-state index contributed by atoms with van der Waals surface area (Å²) in [4.78, 5) is 11.0. The van der Waals surface area contributed by atoms with Crippen LogP contribution >= 0.6 is 22.6 Å². The summed E-state index contributed by atoms with van der Waals surface area (Å²) in [6.45, 7) is 0.0856. The number of sulfonamides is 1. The Hall–Kier alpha value is -0.710. The number of aliphatic carboxylic acids is 1. The lowest BCUT2D eigenvalue weighted by atomic mass is 10.3. The first-order chi connectivity index (χ1) is 8.91. The molecule has 1 atom stereocenters. The monoisotopic (exact) mass is 397 g/mol. The van der Waals surface area contributed by atoms with Crippen molar-refractivity contribution in [2.45, 2.75) is 11.0 Å². The number of carboxylic acids is 1. The van der Waals surface area contributed by atoms with Gasteiger partial charge in [0, 0.05) is 10.1 Å². The van der Waals surface area contributed by atoms with Crippen LogP contribution in [0.4, 0.5) is 0 Å². The predicted molar refractivity (Wildman–Crippen MR) is 75.3 cm³/mol. The largest absolute Gasteiger partial charge is 0.479 e. The topological polar surface area (TPSA) is 83.9 Å². The molecule has 1 fully saturated rings. The number of nitrogens with zero attached hydrogens (tertiary/aromatic N) is 1. The lowest BCUT2D eigenvalue weighted by Gasteiger charge is -2.30. The molecular weight excluding hydrogens is 385 g/mol. The summed E-state index contributed by atoms with van der Waals surface area (Å²) in [5, 5.41) is 8.88. The lowest BCUT2D eigenvalue weighted by molar-refractivity contribution is -0.153. The Bertz CT molecular complexity index is 571. The molecule has 8 heteroatoms. The van der Waals surface area contributed by atoms with Gasteiger partial charge >= 0.3 is 5.97 Å². The van der Waals surface area contributed by atoms with Crippen LogP contribution in [-0.2, 0) is 19.6 Å². The summed E-state index contributed by atoms with van der Waals surface area (Å²) >= 11 is 2.08. The molecule has 1 unspecified atom stereocenters. The number of rotatable bonds is 3. The van der Waals surface area contributed by atoms with E-state index in [1.165, 1.54) is 12.1 Å². The van der Waals surface area contributed by atoms with Crippen LogP contribution in [0.2, 0.25) is 0 Å². The first-order valence-corrected chi connectivity index (χ1v) is 8.03. The molecule has 1 aromatic rings. The second-order valence-electron chi connectivity index (χ2n) is 4.01. The predicted octanol–water partition coefficient (Wildman–Crippen LogP) is 0.765. The Kier molecular flexibility index (Phi) is 4.43. The minimum absolute atomic E-state index is 0.0839. The average molecular weight is 397 g/mol. The van der Waals surface area contributed by atoms with E-state index in [1.54, 1.807) is 12.1 Å². The highest BCUT2D eigenvalue weighted by molar-refractivity contribution is 14.1. The quantitative estimate of drug-likeness (QED) is 0.762. The number of halogens is 1. The van der Waals surface area contributed by atoms with Gasteiger partial charge in [-0.05, 0) is 46.9 Å². The van der Waals surface area contributed by atoms with E-state index in [-0.39, 0.29) is 24.6 Å². The van der Waals surface area contributed by atoms with Gasteiger partial charge in [0.25, 0.3) is 0 Å². The van der Waals surface area contributed by atoms with E-state index in [0.29, 0.717) is 0 Å². The zero-order valence-electron chi connectivity index (χ0n) is 9.82. The van der Waals surface area contributed by atoms with Crippen molar-refractivity contribution in [3.8, 4) is 0 Å². The van der Waals surface area contributed by atoms with Gasteiger partial charge < -0.3 is 9.84 Å². The molecule has 1 aromatic carbocycles. The number of benzene rings is 1. The van der Waals surface area contributed by atoms with Gasteiger partial charge in [-0.15, -0.1) is 0 Å². The fourth-order valence-corrected chi connectivity index (χ4v) is 3.53. The van der Waals surface area contributed by atoms with Gasteiger partial charge in [0.05, 0.1) is 18.0 Å². The number of hydrogen-bond acceptors (Lipinski definition) is 4. The first-order valence-electron chi connectivity index (χ1n) is 5.51. The smallest absolute Gasteiger partial charge is 0.334 e. The van der Waals surface area contributed by atoms with Crippen LogP contribution in [0.5, 0.6) is 0 Å². The van der Waals surface area contributed by atoms with Gasteiger partial charge in [-0.2, -0.15) is 4.31 Å². The zero-order chi connectivity index (χ0) is 14.0. The third-order valence-electron chi connectivity index (χ3n) is 2.76. The molecule has 0 amide bonds. The Morgan fingerprint density at radius 1 is 1.37 bits per heavy atom. The van der Waals surface area contributed by atoms with Crippen LogP contribution in [-0.4, -0.2) is 49.6 Å². The highest BCUT2D eigenvalue weighted by Gasteiger charge is 2.33. The van der Waals surface area contributed by atoms with Crippen LogP contribution in [0, 0.1) is 3.57 Å². The zero-order valence-corrected chi connectivity index (χ0v) is 12.8. The molecule has 1 heterocycles. The molecule has 0 spiro atoms. The summed E-state index contributed by atoms with van der Waals surface area (Å²) in [7, 11) is -3.66. The first kappa shape index (κ1) is 14.7. The number of carbonyl (C=O) groups is 1. The van der Waals surface area contributed by atoms with E-state index < -0.39 is 22.1 Å². The fraction of sp³-hybridized carbons (Fsp3) is 0.364. The Morgan fingerprint density at radius 2 is 2.00 bits per heavy atom. The molecular formula is C11H12INO5S. The molecule has 0 saturated carbocycles. The van der Waals surface area contributed by atoms with Gasteiger partial charge in [-0.3, -0.25) is 0 Å². The van der Waals surface area contributed by atoms with E-state index in [2.05, 4.69) is 22.6 Å². The molecule has 0 aromatic heterocycles. The van der Waals surface area contributed by atoms with E-state index in [0.717, 1.165) is 7.88 Å². The minimum atomic E-state index is -3.66. The molecule has 1 N–H and O–H groups in total. The van der Waals surface area contributed by atoms with E-state index in [9.17, 15) is 13.2 Å². The molecule has 1 aliphatic heterocycles. The third kappa shape index (κ3) is 3.25. The second-order valence-corrected chi connectivity index (χ2v) is 7.20. The van der Waals surface area contributed by atoms with Crippen molar-refractivity contribution in [2.75, 3.05) is 19.7 Å². The maximum Gasteiger partial charge on any atom is 0.334 e. The number of morpholine rings is 1. The normalized spacial score (nSPS) is 21.2. The molecule has 1 aliphatic rings. The molecule has 0 bridgehead atoms. The summed E-state index contributed by atoms with van der Waals surface area (Å²) in [5.74, 6) is -1.15. The standard InChI is InChI=1S/C11H12INO5S/c12-8-1-3-9(4-2-8)19(16,17)13-5-6-18-10(7-13)11(14)15/h1-4,10H,5-7H2,(H,14,15). The van der Waals surface area contributed by atoms with Crippen LogP contribution in [0.1, 0.15) is 0 Å². The number of carboxylic acid groups (broad SMARTS) is 1. The Balaban J connectivity index is 2.24. The van der Waals surface area contributed by atoms with Gasteiger partial charge in [-0.25, -0.2) is 13.2 Å². The van der Waals surface area contributed by atoms with Crippen molar-refractivity contribution in [2.24, 2.45) is 0 Å². The van der Waals surface area contributed by atoms with Gasteiger partial charge in [0.1, 0.15) is 0 Å². The van der Waals surface area contributed by atoms with E-state index in [4.69, 9.17) is 9.84 Å². The molecule has 0 radical (unpaired) electrons. The second kappa shape index (κ2) is 5.73. The highest BCUT2D eigenvalue weighted by Crippen LogP contribution is 2.19. The van der Waals surface area contributed by atoms with Crippen molar-refractivity contribution in [3.63, 3.8) is 0 Å². The van der Waals surface area contributed by atoms with Crippen molar-refractivity contribution in [1.29, 1.82) is 0 Å². The van der Waals surface area contributed by atoms with E-state index in [1.807, 2.05) is 0 Å². The van der Waals surface area contributed by atoms with Gasteiger partial charge in [-0.1, -0.05) is 0 Å². The number of hydrogen-bond donors (Lipinski definition) is 1. The molecule has 6 nitrogen and oxygen atoms in total. The van der Waals surface area contributed by atoms with Crippen molar-refractivity contribution in [1.82, 2.24) is 4.31 Å². The molecule has 2 rings (SSSR count). The Morgan fingerprint density at radius 3 is 2.58 bits per heavy atom. The average Bonchev–Trinajstić information content (AvgIpc) is 2.39. The maximum absolute atomic E-state index is 12.3. The molecule has 19 heavy (non-hydrogen) atoms. The van der Waals surface area contributed by atoms with Crippen LogP contribution in [0.25, 0.3) is 0 Å². The summed E-state index contributed by atoms with van der Waals surface area (Å²) in [5.41, 5.74) is 0. The third-order valence-corrected chi connectivity index (χ3v) is 5.35. The molecule has 104 valence electrons. The fourth-order valence-electron chi connectivity index (χ4n) is 1.75. The van der Waals surface area contributed by atoms with Gasteiger partial charge in [0.2, 0.25) is 10.0 Å². The van der Waals surface area contributed by atoms with Crippen LogP contribution in [0.3, 0.4) is 0 Å². The van der Waals surface area contributed by atoms with E-state index >= 15 is 0 Å². The minimum Gasteiger partial charge on any atom is -0.479 e. The Labute approximate surface area is 124 Å². The maximum atomic E-state index is 12.3. The number of ether oxygens (including phenoxy) is 1. The molecule has 0 aliphatic carbocycles. The van der Waals surface area contributed by atoms with Crippen molar-refractivity contribution < 1.29 is 23.1 Å². The lowest BCUT2D eigenvalue weighted by Crippen LogP contribution is -2.48. The van der Waals surface area contributed by atoms with Gasteiger partial charge in [0.15, 0.2) is 6.10 Å². The summed E-state index contributed by atoms with van der Waals surface area (Å²) < 4.78 is 31.8. The van der Waals surface area contributed by atoms with Crippen molar-refractivity contribution >= 4 is 38.6 Å². The van der Waals surface area contributed by atoms with Crippen LogP contribution < -0.4 is 0 Å². The van der Waals surface area contributed by atoms with Crippen molar-refractivity contribution in [3.05, 3.63) is 27.8 Å². The SMILES string of the molecule is O=C(O)C1CN(S(=O)(=O)c2ccc(I)cc2)CCO1. The summed E-state index contributed by atoms with van der Waals surface area (Å²) in [6, 6.07) is 6.43. The molecule has 1 saturated heterocycles. The van der Waals surface area contributed by atoms with Crippen LogP contribution in [0.15, 0.2) is 29.2 Å².